The van der Waals surface area contributed by atoms with E-state index in [4.69, 9.17) is 4.84 Å². The highest BCUT2D eigenvalue weighted by atomic mass is 32.1. The smallest absolute Gasteiger partial charge is 0.251 e. The molecule has 2 rings (SSSR count). The first-order valence-electron chi connectivity index (χ1n) is 4.84. The summed E-state index contributed by atoms with van der Waals surface area (Å²) in [6.45, 7) is 1.94. The number of nitrogens with zero attached hydrogens (tertiary/aromatic N) is 3. The molecule has 0 N–H and O–H groups in total. The zero-order chi connectivity index (χ0) is 11.7. The average molecular weight is 239 g/mol. The topological polar surface area (TPSA) is 46.8 Å². The number of amides is 1. The quantitative estimate of drug-likeness (QED) is 0.758. The molecule has 0 unspecified atom stereocenters. The van der Waals surface area contributed by atoms with Crippen molar-refractivity contribution in [3.63, 3.8) is 0 Å². The standard InChI is InChI=1S/C10H13N3O2S/c1-7-5-13-8(6-16-10(13)11-7)4-9(14)12(2)15-3/h5-6H,4H2,1-3H3. The van der Waals surface area contributed by atoms with Crippen molar-refractivity contribution in [2.75, 3.05) is 14.2 Å². The molecular weight excluding hydrogens is 226 g/mol. The molecular formula is C10H13N3O2S. The summed E-state index contributed by atoms with van der Waals surface area (Å²) in [7, 11) is 3.08. The van der Waals surface area contributed by atoms with Crippen molar-refractivity contribution in [3.05, 3.63) is 23.0 Å². The van der Waals surface area contributed by atoms with Gasteiger partial charge in [0.05, 0.1) is 19.2 Å². The molecule has 2 aromatic rings. The third kappa shape index (κ3) is 1.94. The van der Waals surface area contributed by atoms with Gasteiger partial charge < -0.3 is 0 Å². The molecule has 0 saturated heterocycles. The van der Waals surface area contributed by atoms with Crippen LogP contribution >= 0.6 is 11.3 Å². The molecule has 1 amide bonds. The summed E-state index contributed by atoms with van der Waals surface area (Å²) >= 11 is 1.54. The Balaban J connectivity index is 2.24. The fourth-order valence-electron chi connectivity index (χ4n) is 1.44. The second-order valence-corrected chi connectivity index (χ2v) is 4.35. The molecule has 0 aliphatic heterocycles. The van der Waals surface area contributed by atoms with Gasteiger partial charge in [0, 0.05) is 24.3 Å². The fraction of sp³-hybridized carbons (Fsp3) is 0.400. The van der Waals surface area contributed by atoms with Gasteiger partial charge in [-0.05, 0) is 6.92 Å². The van der Waals surface area contributed by atoms with Gasteiger partial charge in [-0.25, -0.2) is 10.0 Å². The minimum atomic E-state index is -0.0754. The lowest BCUT2D eigenvalue weighted by Crippen LogP contribution is -2.27. The molecule has 0 fully saturated rings. The highest BCUT2D eigenvalue weighted by Gasteiger charge is 2.13. The van der Waals surface area contributed by atoms with Crippen molar-refractivity contribution in [3.8, 4) is 0 Å². The fourth-order valence-corrected chi connectivity index (χ4v) is 2.36. The van der Waals surface area contributed by atoms with Crippen LogP contribution in [0.4, 0.5) is 0 Å². The molecule has 0 atom stereocenters. The number of imidazole rings is 1. The number of thiazole rings is 1. The van der Waals surface area contributed by atoms with Crippen LogP contribution in [0.2, 0.25) is 0 Å². The molecule has 0 aliphatic rings. The molecule has 16 heavy (non-hydrogen) atoms. The average Bonchev–Trinajstić information content (AvgIpc) is 2.78. The molecule has 2 aromatic heterocycles. The Labute approximate surface area is 97.2 Å². The van der Waals surface area contributed by atoms with Gasteiger partial charge in [0.15, 0.2) is 4.96 Å². The van der Waals surface area contributed by atoms with Crippen LogP contribution in [0.15, 0.2) is 11.6 Å². The van der Waals surface area contributed by atoms with Crippen LogP contribution < -0.4 is 0 Å². The zero-order valence-electron chi connectivity index (χ0n) is 9.43. The number of carbonyl (C=O) groups excluding carboxylic acids is 1. The molecule has 86 valence electrons. The van der Waals surface area contributed by atoms with Crippen molar-refractivity contribution in [2.24, 2.45) is 0 Å². The lowest BCUT2D eigenvalue weighted by molar-refractivity contribution is -0.167. The summed E-state index contributed by atoms with van der Waals surface area (Å²) in [5.74, 6) is -0.0754. The number of hydrogen-bond acceptors (Lipinski definition) is 4. The lowest BCUT2D eigenvalue weighted by Gasteiger charge is -2.12. The Kier molecular flexibility index (Phi) is 2.93. The number of aromatic nitrogens is 2. The van der Waals surface area contributed by atoms with Gasteiger partial charge in [0.1, 0.15) is 0 Å². The lowest BCUT2D eigenvalue weighted by atomic mass is 10.3. The largest absolute Gasteiger partial charge is 0.294 e. The summed E-state index contributed by atoms with van der Waals surface area (Å²) in [6.07, 6.45) is 2.25. The van der Waals surface area contributed by atoms with Crippen LogP contribution in [0.25, 0.3) is 4.96 Å². The Morgan fingerprint density at radius 2 is 2.44 bits per heavy atom. The number of rotatable bonds is 3. The molecule has 0 aliphatic carbocycles. The second-order valence-electron chi connectivity index (χ2n) is 3.51. The molecule has 0 saturated carbocycles. The molecule has 5 nitrogen and oxygen atoms in total. The van der Waals surface area contributed by atoms with Gasteiger partial charge in [-0.2, -0.15) is 0 Å². The van der Waals surface area contributed by atoms with Gasteiger partial charge in [-0.1, -0.05) is 0 Å². The van der Waals surface area contributed by atoms with Crippen LogP contribution in [0, 0.1) is 6.92 Å². The first kappa shape index (κ1) is 11.1. The number of fused-ring (bicyclic) bond motifs is 1. The third-order valence-corrected chi connectivity index (χ3v) is 3.25. The predicted octanol–water partition coefficient (Wildman–Crippen LogP) is 1.27. The molecule has 0 bridgehead atoms. The first-order chi connectivity index (χ1) is 7.61. The van der Waals surface area contributed by atoms with E-state index in [1.54, 1.807) is 7.05 Å². The van der Waals surface area contributed by atoms with Crippen LogP contribution in [0.3, 0.4) is 0 Å². The molecule has 0 spiro atoms. The van der Waals surface area contributed by atoms with Gasteiger partial charge in [0.2, 0.25) is 0 Å². The van der Waals surface area contributed by atoms with Crippen LogP contribution in [0.1, 0.15) is 11.4 Å². The monoisotopic (exact) mass is 239 g/mol. The van der Waals surface area contributed by atoms with Crippen molar-refractivity contribution in [2.45, 2.75) is 13.3 Å². The van der Waals surface area contributed by atoms with E-state index in [9.17, 15) is 4.79 Å². The van der Waals surface area contributed by atoms with E-state index in [0.717, 1.165) is 16.3 Å². The van der Waals surface area contributed by atoms with E-state index < -0.39 is 0 Å². The minimum Gasteiger partial charge on any atom is -0.294 e. The second kappa shape index (κ2) is 4.23. The van der Waals surface area contributed by atoms with Gasteiger partial charge in [-0.3, -0.25) is 14.0 Å². The number of likely N-dealkylation sites (N-methyl/N-ethyl adjacent to an activating group) is 1. The van der Waals surface area contributed by atoms with E-state index in [2.05, 4.69) is 4.98 Å². The Morgan fingerprint density at radius 3 is 3.12 bits per heavy atom. The van der Waals surface area contributed by atoms with Crippen molar-refractivity contribution < 1.29 is 9.63 Å². The van der Waals surface area contributed by atoms with Gasteiger partial charge in [0.25, 0.3) is 5.91 Å². The first-order valence-corrected chi connectivity index (χ1v) is 5.72. The van der Waals surface area contributed by atoms with Crippen molar-refractivity contribution in [1.29, 1.82) is 0 Å². The molecule has 6 heteroatoms. The van der Waals surface area contributed by atoms with E-state index in [1.165, 1.54) is 23.5 Å². The molecule has 2 heterocycles. The maximum Gasteiger partial charge on any atom is 0.251 e. The van der Waals surface area contributed by atoms with Crippen molar-refractivity contribution >= 4 is 22.2 Å². The number of hydrogen-bond donors (Lipinski definition) is 0. The highest BCUT2D eigenvalue weighted by molar-refractivity contribution is 7.15. The summed E-state index contributed by atoms with van der Waals surface area (Å²) in [5.41, 5.74) is 1.90. The molecule has 0 radical (unpaired) electrons. The normalized spacial score (nSPS) is 10.9. The minimum absolute atomic E-state index is 0.0754. The van der Waals surface area contributed by atoms with E-state index in [1.807, 2.05) is 22.9 Å². The molecule has 0 aromatic carbocycles. The van der Waals surface area contributed by atoms with E-state index >= 15 is 0 Å². The number of carbonyl (C=O) groups is 1. The summed E-state index contributed by atoms with van der Waals surface area (Å²) < 4.78 is 1.95. The Bertz CT molecular complexity index is 517. The summed E-state index contributed by atoms with van der Waals surface area (Å²) in [5, 5.41) is 3.18. The van der Waals surface area contributed by atoms with Gasteiger partial charge in [-0.15, -0.1) is 11.3 Å². The van der Waals surface area contributed by atoms with Crippen LogP contribution in [-0.4, -0.2) is 34.5 Å². The highest BCUT2D eigenvalue weighted by Crippen LogP contribution is 2.17. The maximum absolute atomic E-state index is 11.7. The zero-order valence-corrected chi connectivity index (χ0v) is 10.2. The van der Waals surface area contributed by atoms with Crippen molar-refractivity contribution in [1.82, 2.24) is 14.4 Å². The van der Waals surface area contributed by atoms with E-state index in [0.29, 0.717) is 6.42 Å². The summed E-state index contributed by atoms with van der Waals surface area (Å²) in [4.78, 5) is 21.8. The van der Waals surface area contributed by atoms with E-state index in [-0.39, 0.29) is 5.91 Å². The Morgan fingerprint density at radius 1 is 1.69 bits per heavy atom. The van der Waals surface area contributed by atoms with Crippen LogP contribution in [-0.2, 0) is 16.1 Å². The number of hydroxylamine groups is 2. The Hall–Kier alpha value is -1.40. The predicted molar refractivity (Wildman–Crippen MR) is 61.3 cm³/mol. The SMILES string of the molecule is CON(C)C(=O)Cc1csc2nc(C)cn12. The summed E-state index contributed by atoms with van der Waals surface area (Å²) in [6, 6.07) is 0. The maximum atomic E-state index is 11.7. The van der Waals surface area contributed by atoms with Gasteiger partial charge >= 0.3 is 0 Å². The number of aryl methyl sites for hydroxylation is 1. The van der Waals surface area contributed by atoms with Crippen LogP contribution in [0.5, 0.6) is 0 Å². The third-order valence-electron chi connectivity index (χ3n) is 2.36.